The van der Waals surface area contributed by atoms with Crippen LogP contribution in [-0.2, 0) is 11.2 Å². The fourth-order valence-corrected chi connectivity index (χ4v) is 2.47. The third-order valence-electron chi connectivity index (χ3n) is 3.55. The summed E-state index contributed by atoms with van der Waals surface area (Å²) in [7, 11) is 0. The van der Waals surface area contributed by atoms with E-state index >= 15 is 0 Å². The highest BCUT2D eigenvalue weighted by Gasteiger charge is 2.26. The highest BCUT2D eigenvalue weighted by atomic mass is 16.5. The highest BCUT2D eigenvalue weighted by Crippen LogP contribution is 2.18. The van der Waals surface area contributed by atoms with Crippen LogP contribution in [-0.4, -0.2) is 30.5 Å². The van der Waals surface area contributed by atoms with Gasteiger partial charge in [-0.05, 0) is 43.9 Å². The maximum absolute atomic E-state index is 12.2. The largest absolute Gasteiger partial charge is 0.494 e. The summed E-state index contributed by atoms with van der Waals surface area (Å²) >= 11 is 0. The van der Waals surface area contributed by atoms with E-state index < -0.39 is 5.92 Å². The van der Waals surface area contributed by atoms with Crippen molar-refractivity contribution in [3.8, 4) is 11.8 Å². The van der Waals surface area contributed by atoms with Crippen LogP contribution in [0.25, 0.3) is 0 Å². The van der Waals surface area contributed by atoms with Crippen LogP contribution in [0.4, 0.5) is 0 Å². The average molecular weight is 272 g/mol. The first-order chi connectivity index (χ1) is 9.74. The number of hydrogen-bond acceptors (Lipinski definition) is 3. The van der Waals surface area contributed by atoms with Crippen molar-refractivity contribution >= 4 is 5.91 Å². The third-order valence-corrected chi connectivity index (χ3v) is 3.55. The molecule has 106 valence electrons. The third kappa shape index (κ3) is 3.51. The predicted octanol–water partition coefficient (Wildman–Crippen LogP) is 2.39. The van der Waals surface area contributed by atoms with Crippen molar-refractivity contribution in [3.63, 3.8) is 0 Å². The van der Waals surface area contributed by atoms with Gasteiger partial charge in [-0.25, -0.2) is 0 Å². The monoisotopic (exact) mass is 272 g/mol. The van der Waals surface area contributed by atoms with Crippen LogP contribution in [0.3, 0.4) is 0 Å². The molecule has 0 saturated carbocycles. The molecule has 20 heavy (non-hydrogen) atoms. The Balaban J connectivity index is 1.98. The highest BCUT2D eigenvalue weighted by molar-refractivity contribution is 5.81. The van der Waals surface area contributed by atoms with Crippen LogP contribution in [0.5, 0.6) is 5.75 Å². The number of likely N-dealkylation sites (tertiary alicyclic amines) is 1. The van der Waals surface area contributed by atoms with E-state index in [1.165, 1.54) is 0 Å². The average Bonchev–Trinajstić information content (AvgIpc) is 3.00. The van der Waals surface area contributed by atoms with Crippen LogP contribution >= 0.6 is 0 Å². The van der Waals surface area contributed by atoms with Crippen molar-refractivity contribution in [1.29, 1.82) is 5.26 Å². The van der Waals surface area contributed by atoms with Crippen molar-refractivity contribution in [3.05, 3.63) is 29.8 Å². The SMILES string of the molecule is CCOc1ccc(CC(C#N)C(=O)N2CCCC2)cc1. The second-order valence-electron chi connectivity index (χ2n) is 5.00. The summed E-state index contributed by atoms with van der Waals surface area (Å²) in [5.41, 5.74) is 0.993. The Labute approximate surface area is 120 Å². The Bertz CT molecular complexity index is 484. The maximum Gasteiger partial charge on any atom is 0.240 e. The second kappa shape index (κ2) is 6.95. The molecule has 1 aromatic carbocycles. The minimum atomic E-state index is -0.578. The molecule has 0 N–H and O–H groups in total. The molecule has 0 aromatic heterocycles. The molecule has 1 fully saturated rings. The van der Waals surface area contributed by atoms with Gasteiger partial charge in [-0.1, -0.05) is 12.1 Å². The summed E-state index contributed by atoms with van der Waals surface area (Å²) in [5.74, 6) is 0.209. The zero-order valence-corrected chi connectivity index (χ0v) is 11.8. The molecular formula is C16H20N2O2. The number of nitrogens with zero attached hydrogens (tertiary/aromatic N) is 2. The summed E-state index contributed by atoms with van der Waals surface area (Å²) < 4.78 is 5.38. The number of carbonyl (C=O) groups excluding carboxylic acids is 1. The second-order valence-corrected chi connectivity index (χ2v) is 5.00. The molecule has 1 unspecified atom stereocenters. The lowest BCUT2D eigenvalue weighted by molar-refractivity contribution is -0.132. The van der Waals surface area contributed by atoms with Crippen molar-refractivity contribution in [2.24, 2.45) is 5.92 Å². The van der Waals surface area contributed by atoms with Gasteiger partial charge in [0.05, 0.1) is 12.7 Å². The molecule has 0 aliphatic carbocycles. The Morgan fingerprint density at radius 2 is 2.00 bits per heavy atom. The van der Waals surface area contributed by atoms with Gasteiger partial charge in [0.15, 0.2) is 0 Å². The Morgan fingerprint density at radius 1 is 1.35 bits per heavy atom. The van der Waals surface area contributed by atoms with Crippen LogP contribution in [0.2, 0.25) is 0 Å². The molecule has 1 amide bonds. The first-order valence-electron chi connectivity index (χ1n) is 7.14. The molecule has 1 aromatic rings. The Hall–Kier alpha value is -2.02. The lowest BCUT2D eigenvalue weighted by Gasteiger charge is -2.18. The quantitative estimate of drug-likeness (QED) is 0.827. The van der Waals surface area contributed by atoms with Crippen LogP contribution in [0.15, 0.2) is 24.3 Å². The van der Waals surface area contributed by atoms with Crippen LogP contribution in [0.1, 0.15) is 25.3 Å². The van der Waals surface area contributed by atoms with Crippen molar-refractivity contribution < 1.29 is 9.53 Å². The van der Waals surface area contributed by atoms with Gasteiger partial charge >= 0.3 is 0 Å². The fourth-order valence-electron chi connectivity index (χ4n) is 2.47. The summed E-state index contributed by atoms with van der Waals surface area (Å²) in [5, 5.41) is 9.23. The molecule has 4 nitrogen and oxygen atoms in total. The van der Waals surface area contributed by atoms with Gasteiger partial charge < -0.3 is 9.64 Å². The van der Waals surface area contributed by atoms with Gasteiger partial charge in [0.2, 0.25) is 5.91 Å². The minimum absolute atomic E-state index is 0.0288. The first kappa shape index (κ1) is 14.4. The number of benzene rings is 1. The molecule has 0 radical (unpaired) electrons. The Morgan fingerprint density at radius 3 is 2.55 bits per heavy atom. The summed E-state index contributed by atoms with van der Waals surface area (Å²) in [6.45, 7) is 4.16. The minimum Gasteiger partial charge on any atom is -0.494 e. The van der Waals surface area contributed by atoms with Crippen LogP contribution < -0.4 is 4.74 Å². The summed E-state index contributed by atoms with van der Waals surface area (Å²) in [6.07, 6.45) is 2.57. The fraction of sp³-hybridized carbons (Fsp3) is 0.500. The van der Waals surface area contributed by atoms with E-state index in [2.05, 4.69) is 6.07 Å². The standard InChI is InChI=1S/C16H20N2O2/c1-2-20-15-7-5-13(6-8-15)11-14(12-17)16(19)18-9-3-4-10-18/h5-8,14H,2-4,9-11H2,1H3. The first-order valence-corrected chi connectivity index (χ1v) is 7.14. The van der Waals surface area contributed by atoms with Gasteiger partial charge in [-0.2, -0.15) is 5.26 Å². The Kier molecular flexibility index (Phi) is 5.00. The molecule has 1 saturated heterocycles. The topological polar surface area (TPSA) is 53.3 Å². The van der Waals surface area contributed by atoms with Gasteiger partial charge in [-0.15, -0.1) is 0 Å². The van der Waals surface area contributed by atoms with Crippen LogP contribution in [0, 0.1) is 17.2 Å². The lowest BCUT2D eigenvalue weighted by Crippen LogP contribution is -2.34. The number of nitriles is 1. The lowest BCUT2D eigenvalue weighted by atomic mass is 9.99. The van der Waals surface area contributed by atoms with E-state index in [4.69, 9.17) is 4.74 Å². The van der Waals surface area contributed by atoms with Gasteiger partial charge in [0.25, 0.3) is 0 Å². The van der Waals surface area contributed by atoms with Gasteiger partial charge in [-0.3, -0.25) is 4.79 Å². The molecule has 1 aliphatic rings. The number of carbonyl (C=O) groups is 1. The number of amides is 1. The van der Waals surface area contributed by atoms with E-state index in [1.54, 1.807) is 0 Å². The van der Waals surface area contributed by atoms with Gasteiger partial charge in [0, 0.05) is 13.1 Å². The zero-order valence-electron chi connectivity index (χ0n) is 11.8. The molecule has 1 atom stereocenters. The van der Waals surface area contributed by atoms with E-state index in [0.717, 1.165) is 37.2 Å². The predicted molar refractivity (Wildman–Crippen MR) is 76.2 cm³/mol. The van der Waals surface area contributed by atoms with E-state index in [9.17, 15) is 10.1 Å². The molecule has 1 heterocycles. The van der Waals surface area contributed by atoms with E-state index in [1.807, 2.05) is 36.1 Å². The summed E-state index contributed by atoms with van der Waals surface area (Å²) in [4.78, 5) is 14.0. The zero-order chi connectivity index (χ0) is 14.4. The molecule has 0 spiro atoms. The smallest absolute Gasteiger partial charge is 0.240 e. The van der Waals surface area contributed by atoms with E-state index in [0.29, 0.717) is 13.0 Å². The number of rotatable bonds is 5. The van der Waals surface area contributed by atoms with Crippen molar-refractivity contribution in [2.75, 3.05) is 19.7 Å². The molecule has 0 bridgehead atoms. The number of hydrogen-bond donors (Lipinski definition) is 0. The normalized spacial score (nSPS) is 15.7. The summed E-state index contributed by atoms with van der Waals surface area (Å²) in [6, 6.07) is 9.76. The molecule has 2 rings (SSSR count). The number of ether oxygens (including phenoxy) is 1. The van der Waals surface area contributed by atoms with E-state index in [-0.39, 0.29) is 5.91 Å². The maximum atomic E-state index is 12.2. The van der Waals surface area contributed by atoms with Gasteiger partial charge in [0.1, 0.15) is 11.7 Å². The molecule has 1 aliphatic heterocycles. The van der Waals surface area contributed by atoms with Crippen molar-refractivity contribution in [1.82, 2.24) is 4.90 Å². The molecular weight excluding hydrogens is 252 g/mol. The molecule has 4 heteroatoms. The van der Waals surface area contributed by atoms with Crippen molar-refractivity contribution in [2.45, 2.75) is 26.2 Å².